The highest BCUT2D eigenvalue weighted by molar-refractivity contribution is 5.76. The first-order valence-electron chi connectivity index (χ1n) is 10.7. The molecule has 0 bridgehead atoms. The highest BCUT2D eigenvalue weighted by atomic mass is 16.5. The zero-order chi connectivity index (χ0) is 20.8. The van der Waals surface area contributed by atoms with Gasteiger partial charge in [0, 0.05) is 43.7 Å². The molecule has 1 aromatic heterocycles. The Morgan fingerprint density at radius 2 is 1.83 bits per heavy atom. The summed E-state index contributed by atoms with van der Waals surface area (Å²) in [5.41, 5.74) is 3.38. The predicted molar refractivity (Wildman–Crippen MR) is 117 cm³/mol. The highest BCUT2D eigenvalue weighted by Gasteiger charge is 2.14. The van der Waals surface area contributed by atoms with Crippen molar-refractivity contribution < 1.29 is 9.32 Å². The molecule has 1 atom stereocenters. The van der Waals surface area contributed by atoms with Gasteiger partial charge in [-0.25, -0.2) is 0 Å². The zero-order valence-electron chi connectivity index (χ0n) is 17.4. The number of nitrogens with one attached hydrogen (secondary N) is 1. The smallest absolute Gasteiger partial charge is 0.227 e. The van der Waals surface area contributed by atoms with Gasteiger partial charge in [-0.05, 0) is 48.6 Å². The molecule has 0 radical (unpaired) electrons. The van der Waals surface area contributed by atoms with Crippen molar-refractivity contribution in [1.29, 1.82) is 0 Å². The molecule has 2 aromatic carbocycles. The van der Waals surface area contributed by atoms with Crippen LogP contribution in [0.1, 0.15) is 43.6 Å². The van der Waals surface area contributed by atoms with Crippen LogP contribution < -0.4 is 10.2 Å². The number of carbonyl (C=O) groups excluding carboxylic acids is 1. The van der Waals surface area contributed by atoms with Crippen molar-refractivity contribution in [1.82, 2.24) is 15.5 Å². The van der Waals surface area contributed by atoms with Crippen LogP contribution >= 0.6 is 0 Å². The number of rotatable bonds is 8. The van der Waals surface area contributed by atoms with E-state index >= 15 is 0 Å². The number of benzene rings is 2. The lowest BCUT2D eigenvalue weighted by Gasteiger charge is -2.17. The lowest BCUT2D eigenvalue weighted by Crippen LogP contribution is -2.27. The van der Waals surface area contributed by atoms with E-state index in [1.807, 2.05) is 30.3 Å². The van der Waals surface area contributed by atoms with E-state index < -0.39 is 0 Å². The average molecular weight is 405 g/mol. The molecule has 6 heteroatoms. The summed E-state index contributed by atoms with van der Waals surface area (Å²) in [6, 6.07) is 18.5. The maximum atomic E-state index is 12.2. The molecule has 6 nitrogen and oxygen atoms in total. The van der Waals surface area contributed by atoms with Crippen LogP contribution in [0.3, 0.4) is 0 Å². The van der Waals surface area contributed by atoms with E-state index in [0.717, 1.165) is 18.7 Å². The summed E-state index contributed by atoms with van der Waals surface area (Å²) in [5.74, 6) is 1.32. The summed E-state index contributed by atoms with van der Waals surface area (Å²) < 4.78 is 5.34. The maximum Gasteiger partial charge on any atom is 0.227 e. The first-order valence-corrected chi connectivity index (χ1v) is 10.7. The number of amides is 1. The van der Waals surface area contributed by atoms with E-state index in [4.69, 9.17) is 4.52 Å². The molecular formula is C24H28N4O2. The normalized spacial score (nSPS) is 14.6. The molecule has 0 aliphatic carbocycles. The van der Waals surface area contributed by atoms with Crippen LogP contribution in [0.15, 0.2) is 59.1 Å². The maximum absolute atomic E-state index is 12.2. The summed E-state index contributed by atoms with van der Waals surface area (Å²) >= 11 is 0. The van der Waals surface area contributed by atoms with Crippen LogP contribution in [0.25, 0.3) is 11.4 Å². The Morgan fingerprint density at radius 1 is 1.10 bits per heavy atom. The largest absolute Gasteiger partial charge is 0.372 e. The van der Waals surface area contributed by atoms with Crippen molar-refractivity contribution in [3.63, 3.8) is 0 Å². The van der Waals surface area contributed by atoms with Crippen molar-refractivity contribution in [2.75, 3.05) is 24.5 Å². The minimum absolute atomic E-state index is 0.00695. The van der Waals surface area contributed by atoms with Gasteiger partial charge in [0.2, 0.25) is 17.6 Å². The Hall–Kier alpha value is -3.15. The molecule has 0 spiro atoms. The molecule has 1 fully saturated rings. The molecule has 1 aliphatic heterocycles. The third-order valence-corrected chi connectivity index (χ3v) is 5.60. The van der Waals surface area contributed by atoms with E-state index in [2.05, 4.69) is 51.5 Å². The fourth-order valence-electron chi connectivity index (χ4n) is 3.75. The second-order valence-corrected chi connectivity index (χ2v) is 7.87. The van der Waals surface area contributed by atoms with Gasteiger partial charge in [0.1, 0.15) is 0 Å². The monoisotopic (exact) mass is 404 g/mol. The lowest BCUT2D eigenvalue weighted by atomic mass is 10.0. The number of aromatic nitrogens is 2. The minimum Gasteiger partial charge on any atom is -0.372 e. The summed E-state index contributed by atoms with van der Waals surface area (Å²) in [6.45, 7) is 4.96. The fourth-order valence-corrected chi connectivity index (χ4v) is 3.75. The van der Waals surface area contributed by atoms with Gasteiger partial charge < -0.3 is 14.7 Å². The molecule has 1 saturated heterocycles. The molecular weight excluding hydrogens is 376 g/mol. The van der Waals surface area contributed by atoms with E-state index in [0.29, 0.717) is 31.1 Å². The van der Waals surface area contributed by atoms with Crippen molar-refractivity contribution in [3.8, 4) is 11.4 Å². The molecule has 0 saturated carbocycles. The summed E-state index contributed by atoms with van der Waals surface area (Å²) in [4.78, 5) is 19.0. The SMILES string of the molecule is C[C@@H](CNC(=O)CCc1nc(-c2ccc(N3CCCC3)cc2)no1)c1ccccc1. The summed E-state index contributed by atoms with van der Waals surface area (Å²) in [7, 11) is 0. The van der Waals surface area contributed by atoms with Crippen LogP contribution in [0.2, 0.25) is 0 Å². The number of anilines is 1. The van der Waals surface area contributed by atoms with Gasteiger partial charge in [0.25, 0.3) is 0 Å². The number of hydrogen-bond acceptors (Lipinski definition) is 5. The third kappa shape index (κ3) is 5.06. The number of aryl methyl sites for hydroxylation is 1. The van der Waals surface area contributed by atoms with Crippen LogP contribution in [-0.4, -0.2) is 35.7 Å². The summed E-state index contributed by atoms with van der Waals surface area (Å²) in [5, 5.41) is 7.06. The Balaban J connectivity index is 1.25. The molecule has 30 heavy (non-hydrogen) atoms. The lowest BCUT2D eigenvalue weighted by molar-refractivity contribution is -0.121. The van der Waals surface area contributed by atoms with Crippen LogP contribution in [0, 0.1) is 0 Å². The quantitative estimate of drug-likeness (QED) is 0.610. The Kier molecular flexibility index (Phi) is 6.42. The fraction of sp³-hybridized carbons (Fsp3) is 0.375. The molecule has 2 heterocycles. The predicted octanol–water partition coefficient (Wildman–Crippen LogP) is 4.19. The van der Waals surface area contributed by atoms with Crippen LogP contribution in [-0.2, 0) is 11.2 Å². The third-order valence-electron chi connectivity index (χ3n) is 5.60. The van der Waals surface area contributed by atoms with E-state index in [1.54, 1.807) is 0 Å². The Morgan fingerprint density at radius 3 is 2.57 bits per heavy atom. The second-order valence-electron chi connectivity index (χ2n) is 7.87. The summed E-state index contributed by atoms with van der Waals surface area (Å²) in [6.07, 6.45) is 3.28. The van der Waals surface area contributed by atoms with Gasteiger partial charge in [-0.3, -0.25) is 4.79 Å². The van der Waals surface area contributed by atoms with Gasteiger partial charge in [-0.2, -0.15) is 4.98 Å². The van der Waals surface area contributed by atoms with E-state index in [1.165, 1.54) is 24.1 Å². The minimum atomic E-state index is -0.00695. The van der Waals surface area contributed by atoms with Crippen molar-refractivity contribution >= 4 is 11.6 Å². The van der Waals surface area contributed by atoms with Crippen LogP contribution in [0.4, 0.5) is 5.69 Å². The standard InChI is InChI=1S/C24H28N4O2/c1-18(19-7-3-2-4-8-19)17-25-22(29)13-14-23-26-24(27-30-23)20-9-11-21(12-10-20)28-15-5-6-16-28/h2-4,7-12,18H,5-6,13-17H2,1H3,(H,25,29)/t18-/m0/s1. The number of hydrogen-bond donors (Lipinski definition) is 1. The topological polar surface area (TPSA) is 71.3 Å². The van der Waals surface area contributed by atoms with Gasteiger partial charge in [-0.1, -0.05) is 42.4 Å². The van der Waals surface area contributed by atoms with Gasteiger partial charge >= 0.3 is 0 Å². The number of carbonyl (C=O) groups is 1. The van der Waals surface area contributed by atoms with Gasteiger partial charge in [0.15, 0.2) is 0 Å². The molecule has 3 aromatic rings. The molecule has 1 aliphatic rings. The first-order chi connectivity index (χ1) is 14.7. The molecule has 4 rings (SSSR count). The Bertz CT molecular complexity index is 947. The van der Waals surface area contributed by atoms with Gasteiger partial charge in [-0.15, -0.1) is 0 Å². The molecule has 1 N–H and O–H groups in total. The van der Waals surface area contributed by atoms with Crippen LogP contribution in [0.5, 0.6) is 0 Å². The molecule has 0 unspecified atom stereocenters. The first kappa shape index (κ1) is 20.1. The van der Waals surface area contributed by atoms with Crippen molar-refractivity contribution in [3.05, 3.63) is 66.1 Å². The highest BCUT2D eigenvalue weighted by Crippen LogP contribution is 2.24. The van der Waals surface area contributed by atoms with E-state index in [-0.39, 0.29) is 11.8 Å². The number of nitrogens with zero attached hydrogens (tertiary/aromatic N) is 3. The van der Waals surface area contributed by atoms with Gasteiger partial charge in [0.05, 0.1) is 0 Å². The van der Waals surface area contributed by atoms with Crippen molar-refractivity contribution in [2.45, 2.75) is 38.5 Å². The zero-order valence-corrected chi connectivity index (χ0v) is 17.4. The Labute approximate surface area is 177 Å². The van der Waals surface area contributed by atoms with Crippen molar-refractivity contribution in [2.24, 2.45) is 0 Å². The second kappa shape index (κ2) is 9.57. The average Bonchev–Trinajstić information content (AvgIpc) is 3.49. The molecule has 1 amide bonds. The molecule has 156 valence electrons. The van der Waals surface area contributed by atoms with E-state index in [9.17, 15) is 4.79 Å².